The molecule has 15 heavy (non-hydrogen) atoms. The molecule has 1 rings (SSSR count). The van der Waals surface area contributed by atoms with Gasteiger partial charge in [0, 0.05) is 17.8 Å². The van der Waals surface area contributed by atoms with Crippen LogP contribution >= 0.6 is 11.6 Å². The zero-order valence-corrected chi connectivity index (χ0v) is 10.0. The summed E-state index contributed by atoms with van der Waals surface area (Å²) in [6.45, 7) is 5.14. The van der Waals surface area contributed by atoms with Crippen molar-refractivity contribution in [3.8, 4) is 0 Å². The summed E-state index contributed by atoms with van der Waals surface area (Å²) in [5.74, 6) is 0.568. The Morgan fingerprint density at radius 2 is 2.27 bits per heavy atom. The number of halogens is 1. The third-order valence-electron chi connectivity index (χ3n) is 2.32. The number of nitrogens with one attached hydrogen (secondary N) is 1. The molecule has 0 fully saturated rings. The highest BCUT2D eigenvalue weighted by Gasteiger charge is 2.13. The summed E-state index contributed by atoms with van der Waals surface area (Å²) in [7, 11) is 0. The molecule has 1 aromatic rings. The molecule has 0 aromatic carbocycles. The van der Waals surface area contributed by atoms with Crippen molar-refractivity contribution in [2.45, 2.75) is 32.7 Å². The third-order valence-corrected chi connectivity index (χ3v) is 2.53. The van der Waals surface area contributed by atoms with Crippen LogP contribution in [0.4, 0.5) is 5.82 Å². The highest BCUT2D eigenvalue weighted by Crippen LogP contribution is 2.25. The first kappa shape index (κ1) is 12.3. The first-order valence-electron chi connectivity index (χ1n) is 5.33. The molecule has 1 aromatic heterocycles. The number of aromatic nitrogens is 1. The van der Waals surface area contributed by atoms with E-state index in [1.807, 2.05) is 6.07 Å². The number of nitrogens with zero attached hydrogens (tertiary/aromatic N) is 1. The molecule has 0 aliphatic heterocycles. The van der Waals surface area contributed by atoms with E-state index >= 15 is 0 Å². The lowest BCUT2D eigenvalue weighted by Gasteiger charge is -2.18. The van der Waals surface area contributed by atoms with Crippen molar-refractivity contribution in [3.63, 3.8) is 0 Å². The fourth-order valence-electron chi connectivity index (χ4n) is 1.65. The quantitative estimate of drug-likeness (QED) is 0.814. The van der Waals surface area contributed by atoms with Crippen molar-refractivity contribution in [2.75, 3.05) is 12.3 Å². The Balaban J connectivity index is 2.93. The first-order chi connectivity index (χ1) is 7.19. The van der Waals surface area contributed by atoms with E-state index < -0.39 is 0 Å². The number of nitrogens with two attached hydrogens (primary N) is 1. The standard InChI is InChI=1S/C11H18ClN3/c1-3-5-10(14-4-2)9-6-8(12)7-15-11(9)13/h6-7,10,14H,3-5H2,1-2H3,(H2,13,15). The van der Waals surface area contributed by atoms with Gasteiger partial charge in [-0.3, -0.25) is 0 Å². The van der Waals surface area contributed by atoms with Crippen molar-refractivity contribution in [1.82, 2.24) is 10.3 Å². The predicted octanol–water partition coefficient (Wildman–Crippen LogP) is 2.77. The molecule has 3 N–H and O–H groups in total. The summed E-state index contributed by atoms with van der Waals surface area (Å²) >= 11 is 5.92. The largest absolute Gasteiger partial charge is 0.383 e. The molecule has 0 saturated carbocycles. The number of anilines is 1. The van der Waals surface area contributed by atoms with E-state index in [0.717, 1.165) is 24.9 Å². The van der Waals surface area contributed by atoms with Crippen LogP contribution in [-0.4, -0.2) is 11.5 Å². The Bertz CT molecular complexity index is 309. The van der Waals surface area contributed by atoms with Gasteiger partial charge in [0.2, 0.25) is 0 Å². The lowest BCUT2D eigenvalue weighted by molar-refractivity contribution is 0.509. The molecule has 0 spiro atoms. The second-order valence-corrected chi connectivity index (χ2v) is 3.96. The Morgan fingerprint density at radius 3 is 2.87 bits per heavy atom. The van der Waals surface area contributed by atoms with Crippen LogP contribution < -0.4 is 11.1 Å². The molecular formula is C11H18ClN3. The van der Waals surface area contributed by atoms with Crippen molar-refractivity contribution >= 4 is 17.4 Å². The van der Waals surface area contributed by atoms with E-state index in [4.69, 9.17) is 17.3 Å². The monoisotopic (exact) mass is 227 g/mol. The second-order valence-electron chi connectivity index (χ2n) is 3.53. The topological polar surface area (TPSA) is 50.9 Å². The number of hydrogen-bond acceptors (Lipinski definition) is 3. The van der Waals surface area contributed by atoms with Gasteiger partial charge < -0.3 is 11.1 Å². The summed E-state index contributed by atoms with van der Waals surface area (Å²) in [5.41, 5.74) is 6.85. The second kappa shape index (κ2) is 5.93. The number of nitrogen functional groups attached to an aromatic ring is 1. The van der Waals surface area contributed by atoms with Crippen LogP contribution in [0.1, 0.15) is 38.3 Å². The number of rotatable bonds is 5. The van der Waals surface area contributed by atoms with Gasteiger partial charge in [0.05, 0.1) is 5.02 Å². The molecule has 1 heterocycles. The zero-order valence-electron chi connectivity index (χ0n) is 9.26. The minimum absolute atomic E-state index is 0.256. The molecule has 0 aliphatic rings. The molecule has 3 nitrogen and oxygen atoms in total. The lowest BCUT2D eigenvalue weighted by Crippen LogP contribution is -2.22. The molecule has 1 atom stereocenters. The van der Waals surface area contributed by atoms with Crippen LogP contribution in [0, 0.1) is 0 Å². The highest BCUT2D eigenvalue weighted by atomic mass is 35.5. The molecule has 4 heteroatoms. The summed E-state index contributed by atoms with van der Waals surface area (Å²) in [6.07, 6.45) is 3.72. The van der Waals surface area contributed by atoms with E-state index in [2.05, 4.69) is 24.1 Å². The summed E-state index contributed by atoms with van der Waals surface area (Å²) < 4.78 is 0. The average Bonchev–Trinajstić information content (AvgIpc) is 2.21. The van der Waals surface area contributed by atoms with E-state index in [-0.39, 0.29) is 6.04 Å². The van der Waals surface area contributed by atoms with Crippen LogP contribution in [0.3, 0.4) is 0 Å². The lowest BCUT2D eigenvalue weighted by atomic mass is 10.0. The molecule has 0 amide bonds. The van der Waals surface area contributed by atoms with Crippen LogP contribution in [-0.2, 0) is 0 Å². The van der Waals surface area contributed by atoms with Crippen molar-refractivity contribution in [2.24, 2.45) is 0 Å². The normalized spacial score (nSPS) is 12.7. The van der Waals surface area contributed by atoms with Crippen LogP contribution in [0.2, 0.25) is 5.02 Å². The molecule has 0 bridgehead atoms. The van der Waals surface area contributed by atoms with Crippen LogP contribution in [0.25, 0.3) is 0 Å². The van der Waals surface area contributed by atoms with E-state index in [1.54, 1.807) is 6.20 Å². The summed E-state index contributed by atoms with van der Waals surface area (Å²) in [6, 6.07) is 2.15. The van der Waals surface area contributed by atoms with Crippen LogP contribution in [0.15, 0.2) is 12.3 Å². The maximum atomic E-state index is 5.92. The molecular weight excluding hydrogens is 210 g/mol. The van der Waals surface area contributed by atoms with Crippen molar-refractivity contribution in [3.05, 3.63) is 22.8 Å². The predicted molar refractivity (Wildman–Crippen MR) is 65.0 cm³/mol. The fourth-order valence-corrected chi connectivity index (χ4v) is 1.81. The van der Waals surface area contributed by atoms with E-state index in [9.17, 15) is 0 Å². The van der Waals surface area contributed by atoms with Gasteiger partial charge in [-0.25, -0.2) is 4.98 Å². The maximum Gasteiger partial charge on any atom is 0.128 e. The molecule has 0 aliphatic carbocycles. The van der Waals surface area contributed by atoms with Gasteiger partial charge >= 0.3 is 0 Å². The molecule has 0 saturated heterocycles. The fraction of sp³-hybridized carbons (Fsp3) is 0.545. The molecule has 84 valence electrons. The first-order valence-corrected chi connectivity index (χ1v) is 5.71. The SMILES string of the molecule is CCCC(NCC)c1cc(Cl)cnc1N. The number of hydrogen-bond donors (Lipinski definition) is 2. The van der Waals surface area contributed by atoms with Gasteiger partial charge in [0.1, 0.15) is 5.82 Å². The smallest absolute Gasteiger partial charge is 0.128 e. The Labute approximate surface area is 96.0 Å². The Hall–Kier alpha value is -0.800. The average molecular weight is 228 g/mol. The van der Waals surface area contributed by atoms with Gasteiger partial charge in [-0.05, 0) is 19.0 Å². The van der Waals surface area contributed by atoms with Gasteiger partial charge in [-0.15, -0.1) is 0 Å². The van der Waals surface area contributed by atoms with Crippen LogP contribution in [0.5, 0.6) is 0 Å². The number of pyridine rings is 1. The van der Waals surface area contributed by atoms with Gasteiger partial charge in [0.15, 0.2) is 0 Å². The highest BCUT2D eigenvalue weighted by molar-refractivity contribution is 6.30. The molecule has 0 radical (unpaired) electrons. The minimum atomic E-state index is 0.256. The Morgan fingerprint density at radius 1 is 1.53 bits per heavy atom. The van der Waals surface area contributed by atoms with Crippen molar-refractivity contribution in [1.29, 1.82) is 0 Å². The third kappa shape index (κ3) is 3.36. The minimum Gasteiger partial charge on any atom is -0.383 e. The van der Waals surface area contributed by atoms with Gasteiger partial charge in [0.25, 0.3) is 0 Å². The van der Waals surface area contributed by atoms with Gasteiger partial charge in [-0.1, -0.05) is 31.9 Å². The van der Waals surface area contributed by atoms with E-state index in [0.29, 0.717) is 10.8 Å². The van der Waals surface area contributed by atoms with Crippen molar-refractivity contribution < 1.29 is 0 Å². The molecule has 1 unspecified atom stereocenters. The summed E-state index contributed by atoms with van der Waals surface area (Å²) in [4.78, 5) is 4.07. The van der Waals surface area contributed by atoms with Gasteiger partial charge in [-0.2, -0.15) is 0 Å². The maximum absolute atomic E-state index is 5.92. The van der Waals surface area contributed by atoms with E-state index in [1.165, 1.54) is 0 Å². The zero-order chi connectivity index (χ0) is 11.3. The Kier molecular flexibility index (Phi) is 4.85. The summed E-state index contributed by atoms with van der Waals surface area (Å²) in [5, 5.41) is 4.03.